The molecular formula is C23H17ClFNO2. The maximum atomic E-state index is 13.8. The average molecular weight is 394 g/mol. The monoisotopic (exact) mass is 393 g/mol. The first-order valence-electron chi connectivity index (χ1n) is 8.83. The Morgan fingerprint density at radius 2 is 1.79 bits per heavy atom. The first-order chi connectivity index (χ1) is 13.5. The van der Waals surface area contributed by atoms with E-state index in [9.17, 15) is 9.18 Å². The maximum Gasteiger partial charge on any atom is 0.287 e. The molecule has 0 aliphatic heterocycles. The normalized spacial score (nSPS) is 11.0. The van der Waals surface area contributed by atoms with Crippen LogP contribution in [0.3, 0.4) is 0 Å². The molecule has 140 valence electrons. The summed E-state index contributed by atoms with van der Waals surface area (Å²) >= 11 is 5.99. The summed E-state index contributed by atoms with van der Waals surface area (Å²) in [6.07, 6.45) is 0. The van der Waals surface area contributed by atoms with Crippen molar-refractivity contribution in [2.24, 2.45) is 0 Å². The molecule has 0 saturated heterocycles. The van der Waals surface area contributed by atoms with Crippen LogP contribution in [0.25, 0.3) is 22.1 Å². The standard InChI is InChI=1S/C23H17ClFNO2/c1-14-6-11-18-19(12-14)21(15-7-9-17(24)10-8-15)28-22(18)23(27)26-13-16-4-2-3-5-20(16)25/h2-12H,13H2,1H3,(H,26,27). The highest BCUT2D eigenvalue weighted by Gasteiger charge is 2.20. The van der Waals surface area contributed by atoms with Crippen molar-refractivity contribution in [1.82, 2.24) is 5.32 Å². The summed E-state index contributed by atoms with van der Waals surface area (Å²) in [5.41, 5.74) is 2.30. The van der Waals surface area contributed by atoms with Crippen molar-refractivity contribution in [2.75, 3.05) is 0 Å². The van der Waals surface area contributed by atoms with Crippen LogP contribution in [0.2, 0.25) is 5.02 Å². The Kier molecular flexibility index (Phi) is 4.88. The molecule has 0 aliphatic carbocycles. The highest BCUT2D eigenvalue weighted by Crippen LogP contribution is 2.35. The summed E-state index contributed by atoms with van der Waals surface area (Å²) in [6, 6.07) is 19.4. The van der Waals surface area contributed by atoms with Crippen molar-refractivity contribution < 1.29 is 13.6 Å². The summed E-state index contributed by atoms with van der Waals surface area (Å²) in [4.78, 5) is 12.8. The minimum Gasteiger partial charge on any atom is -0.450 e. The number of nitrogens with one attached hydrogen (secondary N) is 1. The fraction of sp³-hybridized carbons (Fsp3) is 0.0870. The van der Waals surface area contributed by atoms with Gasteiger partial charge < -0.3 is 9.73 Å². The highest BCUT2D eigenvalue weighted by atomic mass is 35.5. The number of amides is 1. The van der Waals surface area contributed by atoms with E-state index in [4.69, 9.17) is 16.0 Å². The van der Waals surface area contributed by atoms with Crippen LogP contribution in [0.15, 0.2) is 71.1 Å². The molecule has 0 saturated carbocycles. The van der Waals surface area contributed by atoms with Gasteiger partial charge in [-0.05, 0) is 43.3 Å². The van der Waals surface area contributed by atoms with E-state index in [1.165, 1.54) is 6.07 Å². The third-order valence-corrected chi connectivity index (χ3v) is 4.83. The zero-order chi connectivity index (χ0) is 19.7. The Morgan fingerprint density at radius 1 is 1.04 bits per heavy atom. The van der Waals surface area contributed by atoms with Crippen molar-refractivity contribution in [1.29, 1.82) is 0 Å². The van der Waals surface area contributed by atoms with E-state index in [0.29, 0.717) is 21.7 Å². The van der Waals surface area contributed by atoms with E-state index < -0.39 is 5.91 Å². The lowest BCUT2D eigenvalue weighted by Gasteiger charge is -2.05. The second-order valence-corrected chi connectivity index (χ2v) is 7.03. The number of benzene rings is 3. The molecule has 1 aromatic heterocycles. The zero-order valence-electron chi connectivity index (χ0n) is 15.1. The van der Waals surface area contributed by atoms with E-state index in [1.54, 1.807) is 30.3 Å². The highest BCUT2D eigenvalue weighted by molar-refractivity contribution is 6.30. The number of aryl methyl sites for hydroxylation is 1. The van der Waals surface area contributed by atoms with Crippen LogP contribution in [0.4, 0.5) is 4.39 Å². The fourth-order valence-electron chi connectivity index (χ4n) is 3.14. The molecule has 0 atom stereocenters. The zero-order valence-corrected chi connectivity index (χ0v) is 15.9. The van der Waals surface area contributed by atoms with Crippen molar-refractivity contribution in [3.8, 4) is 11.3 Å². The fourth-order valence-corrected chi connectivity index (χ4v) is 3.26. The summed E-state index contributed by atoms with van der Waals surface area (Å²) in [5.74, 6) is 0.0598. The molecule has 1 heterocycles. The molecule has 0 aliphatic rings. The van der Waals surface area contributed by atoms with Gasteiger partial charge in [-0.1, -0.05) is 47.5 Å². The molecule has 3 aromatic carbocycles. The Morgan fingerprint density at radius 3 is 2.54 bits per heavy atom. The van der Waals surface area contributed by atoms with Gasteiger partial charge in [0, 0.05) is 33.5 Å². The Hall–Kier alpha value is -3.11. The van der Waals surface area contributed by atoms with Gasteiger partial charge in [-0.15, -0.1) is 0 Å². The first kappa shape index (κ1) is 18.3. The van der Waals surface area contributed by atoms with Gasteiger partial charge in [0.15, 0.2) is 5.76 Å². The van der Waals surface area contributed by atoms with Gasteiger partial charge in [0.2, 0.25) is 0 Å². The molecule has 0 spiro atoms. The molecule has 1 amide bonds. The second kappa shape index (κ2) is 7.49. The summed E-state index contributed by atoms with van der Waals surface area (Å²) in [5, 5.41) is 4.92. The summed E-state index contributed by atoms with van der Waals surface area (Å²) in [7, 11) is 0. The molecule has 1 N–H and O–H groups in total. The quantitative estimate of drug-likeness (QED) is 0.453. The van der Waals surface area contributed by atoms with Crippen molar-refractivity contribution >= 4 is 28.3 Å². The maximum absolute atomic E-state index is 13.8. The molecule has 28 heavy (non-hydrogen) atoms. The number of halogens is 2. The molecule has 4 aromatic rings. The number of hydrogen-bond donors (Lipinski definition) is 1. The van der Waals surface area contributed by atoms with Gasteiger partial charge in [0.05, 0.1) is 0 Å². The van der Waals surface area contributed by atoms with Crippen LogP contribution in [0.5, 0.6) is 0 Å². The van der Waals surface area contributed by atoms with E-state index in [0.717, 1.165) is 16.5 Å². The smallest absolute Gasteiger partial charge is 0.287 e. The molecule has 3 nitrogen and oxygen atoms in total. The average Bonchev–Trinajstić information content (AvgIpc) is 3.06. The minimum absolute atomic E-state index is 0.0792. The predicted molar refractivity (Wildman–Crippen MR) is 109 cm³/mol. The summed E-state index contributed by atoms with van der Waals surface area (Å²) < 4.78 is 19.8. The second-order valence-electron chi connectivity index (χ2n) is 6.59. The van der Waals surface area contributed by atoms with Crippen molar-refractivity contribution in [3.63, 3.8) is 0 Å². The van der Waals surface area contributed by atoms with Gasteiger partial charge in [-0.2, -0.15) is 0 Å². The lowest BCUT2D eigenvalue weighted by molar-refractivity contribution is 0.0926. The third kappa shape index (κ3) is 3.51. The number of furan rings is 1. The molecule has 0 unspecified atom stereocenters. The number of carbonyl (C=O) groups is 1. The van der Waals surface area contributed by atoms with E-state index >= 15 is 0 Å². The topological polar surface area (TPSA) is 42.2 Å². The molecule has 0 bridgehead atoms. The van der Waals surface area contributed by atoms with E-state index in [1.807, 2.05) is 37.3 Å². The van der Waals surface area contributed by atoms with Crippen LogP contribution in [0, 0.1) is 12.7 Å². The molecule has 0 radical (unpaired) electrons. The number of fused-ring (bicyclic) bond motifs is 1. The number of carbonyl (C=O) groups excluding carboxylic acids is 1. The van der Waals surface area contributed by atoms with Crippen LogP contribution >= 0.6 is 11.6 Å². The van der Waals surface area contributed by atoms with Crippen LogP contribution < -0.4 is 5.32 Å². The van der Waals surface area contributed by atoms with Gasteiger partial charge in [0.25, 0.3) is 5.91 Å². The van der Waals surface area contributed by atoms with Gasteiger partial charge in [-0.25, -0.2) is 4.39 Å². The lowest BCUT2D eigenvalue weighted by Crippen LogP contribution is -2.23. The Labute approximate surface area is 166 Å². The number of rotatable bonds is 4. The van der Waals surface area contributed by atoms with Crippen LogP contribution in [-0.4, -0.2) is 5.91 Å². The lowest BCUT2D eigenvalue weighted by atomic mass is 10.0. The van der Waals surface area contributed by atoms with E-state index in [-0.39, 0.29) is 18.1 Å². The van der Waals surface area contributed by atoms with Crippen LogP contribution in [-0.2, 0) is 6.54 Å². The summed E-state index contributed by atoms with van der Waals surface area (Å²) in [6.45, 7) is 2.06. The number of hydrogen-bond acceptors (Lipinski definition) is 2. The Bertz CT molecular complexity index is 1170. The molecule has 4 rings (SSSR count). The minimum atomic E-state index is -0.391. The molecule has 0 fully saturated rings. The molecule has 5 heteroatoms. The predicted octanol–water partition coefficient (Wildman–Crippen LogP) is 6.13. The third-order valence-electron chi connectivity index (χ3n) is 4.58. The van der Waals surface area contributed by atoms with Crippen LogP contribution in [0.1, 0.15) is 21.7 Å². The Balaban J connectivity index is 1.71. The largest absolute Gasteiger partial charge is 0.450 e. The van der Waals surface area contributed by atoms with Crippen molar-refractivity contribution in [2.45, 2.75) is 13.5 Å². The first-order valence-corrected chi connectivity index (χ1v) is 9.21. The SMILES string of the molecule is Cc1ccc2c(C(=O)NCc3ccccc3F)oc(-c3ccc(Cl)cc3)c2c1. The van der Waals surface area contributed by atoms with Gasteiger partial charge >= 0.3 is 0 Å². The molecular weight excluding hydrogens is 377 g/mol. The van der Waals surface area contributed by atoms with E-state index in [2.05, 4.69) is 5.32 Å². The van der Waals surface area contributed by atoms with Gasteiger partial charge in [0.1, 0.15) is 11.6 Å². The van der Waals surface area contributed by atoms with Crippen molar-refractivity contribution in [3.05, 3.63) is 94.5 Å². The van der Waals surface area contributed by atoms with Gasteiger partial charge in [-0.3, -0.25) is 4.79 Å².